The molecule has 0 saturated carbocycles. The number of hydrogen-bond donors (Lipinski definition) is 1. The zero-order valence-corrected chi connectivity index (χ0v) is 16.8. The minimum absolute atomic E-state index is 0.138. The Morgan fingerprint density at radius 3 is 2.75 bits per heavy atom. The van der Waals surface area contributed by atoms with Crippen LogP contribution in [0.4, 0.5) is 0 Å². The van der Waals surface area contributed by atoms with Gasteiger partial charge in [0.05, 0.1) is 16.3 Å². The summed E-state index contributed by atoms with van der Waals surface area (Å²) in [4.78, 5) is 11.9. The molecule has 144 valence electrons. The predicted octanol–water partition coefficient (Wildman–Crippen LogP) is 5.40. The molecule has 3 aromatic rings. The van der Waals surface area contributed by atoms with Crippen molar-refractivity contribution < 1.29 is 13.9 Å². The summed E-state index contributed by atoms with van der Waals surface area (Å²) in [7, 11) is 0. The highest BCUT2D eigenvalue weighted by Crippen LogP contribution is 2.34. The highest BCUT2D eigenvalue weighted by atomic mass is 35.5. The number of carbonyl (C=O) groups excluding carboxylic acids is 1. The van der Waals surface area contributed by atoms with Crippen LogP contribution in [-0.4, -0.2) is 18.7 Å². The Morgan fingerprint density at radius 1 is 1.14 bits per heavy atom. The van der Waals surface area contributed by atoms with E-state index in [9.17, 15) is 4.79 Å². The van der Waals surface area contributed by atoms with Crippen LogP contribution in [0.25, 0.3) is 11.3 Å². The highest BCUT2D eigenvalue weighted by Gasteiger charge is 2.10. The number of furan rings is 1. The van der Waals surface area contributed by atoms with Gasteiger partial charge in [0.15, 0.2) is 6.61 Å². The standard InChI is InChI=1S/C21H18Cl2N2O3/c1-13-6-7-15(10-14(13)2)27-12-20(26)25-24-11-16-8-9-19(28-16)17-4-3-5-18(22)21(17)23/h3-11H,12H2,1-2H3,(H,25,26). The summed E-state index contributed by atoms with van der Waals surface area (Å²) in [5, 5.41) is 4.74. The van der Waals surface area contributed by atoms with E-state index in [0.29, 0.717) is 32.9 Å². The number of halogens is 2. The molecule has 1 N–H and O–H groups in total. The van der Waals surface area contributed by atoms with Gasteiger partial charge in [0, 0.05) is 5.56 Å². The van der Waals surface area contributed by atoms with Crippen LogP contribution in [0.2, 0.25) is 10.0 Å². The summed E-state index contributed by atoms with van der Waals surface area (Å²) in [6, 6.07) is 14.4. The molecular formula is C21H18Cl2N2O3. The third kappa shape index (κ3) is 4.94. The average molecular weight is 417 g/mol. The van der Waals surface area contributed by atoms with Gasteiger partial charge in [-0.25, -0.2) is 5.43 Å². The largest absolute Gasteiger partial charge is 0.484 e. The summed E-state index contributed by atoms with van der Waals surface area (Å²) in [6.07, 6.45) is 1.40. The fourth-order valence-electron chi connectivity index (χ4n) is 2.41. The van der Waals surface area contributed by atoms with Crippen LogP contribution in [0.15, 0.2) is 58.0 Å². The van der Waals surface area contributed by atoms with Crippen molar-refractivity contribution in [2.24, 2.45) is 5.10 Å². The van der Waals surface area contributed by atoms with E-state index in [1.807, 2.05) is 32.0 Å². The smallest absolute Gasteiger partial charge is 0.277 e. The Kier molecular flexibility index (Phi) is 6.39. The van der Waals surface area contributed by atoms with Crippen molar-refractivity contribution in [1.29, 1.82) is 0 Å². The SMILES string of the molecule is Cc1ccc(OCC(=O)NN=Cc2ccc(-c3cccc(Cl)c3Cl)o2)cc1C. The van der Waals surface area contributed by atoms with Crippen molar-refractivity contribution in [2.45, 2.75) is 13.8 Å². The molecule has 2 aromatic carbocycles. The number of aryl methyl sites for hydroxylation is 2. The monoisotopic (exact) mass is 416 g/mol. The lowest BCUT2D eigenvalue weighted by molar-refractivity contribution is -0.123. The summed E-state index contributed by atoms with van der Waals surface area (Å²) in [5.41, 5.74) is 5.34. The topological polar surface area (TPSA) is 63.8 Å². The van der Waals surface area contributed by atoms with Gasteiger partial charge in [-0.05, 0) is 61.4 Å². The van der Waals surface area contributed by atoms with Crippen LogP contribution in [0.3, 0.4) is 0 Å². The molecule has 3 rings (SSSR count). The minimum Gasteiger partial charge on any atom is -0.484 e. The van der Waals surface area contributed by atoms with Gasteiger partial charge >= 0.3 is 0 Å². The number of hydrazone groups is 1. The minimum atomic E-state index is -0.376. The molecule has 28 heavy (non-hydrogen) atoms. The summed E-state index contributed by atoms with van der Waals surface area (Å²) >= 11 is 12.2. The Labute approximate surface area is 172 Å². The number of nitrogens with zero attached hydrogens (tertiary/aromatic N) is 1. The predicted molar refractivity (Wildman–Crippen MR) is 111 cm³/mol. The van der Waals surface area contributed by atoms with Gasteiger partial charge < -0.3 is 9.15 Å². The molecule has 0 unspecified atom stereocenters. The third-order valence-electron chi connectivity index (χ3n) is 4.07. The van der Waals surface area contributed by atoms with Gasteiger partial charge in [0.25, 0.3) is 5.91 Å². The second-order valence-electron chi connectivity index (χ2n) is 6.13. The molecule has 1 heterocycles. The lowest BCUT2D eigenvalue weighted by Gasteiger charge is -2.07. The van der Waals surface area contributed by atoms with Crippen molar-refractivity contribution in [3.05, 3.63) is 75.5 Å². The van der Waals surface area contributed by atoms with Crippen LogP contribution >= 0.6 is 23.2 Å². The highest BCUT2D eigenvalue weighted by molar-refractivity contribution is 6.43. The van der Waals surface area contributed by atoms with E-state index in [4.69, 9.17) is 32.4 Å². The molecule has 0 aliphatic heterocycles. The third-order valence-corrected chi connectivity index (χ3v) is 4.89. The van der Waals surface area contributed by atoms with Crippen molar-refractivity contribution in [3.63, 3.8) is 0 Å². The van der Waals surface area contributed by atoms with E-state index in [2.05, 4.69) is 10.5 Å². The molecular weight excluding hydrogens is 399 g/mol. The van der Waals surface area contributed by atoms with Gasteiger partial charge in [-0.3, -0.25) is 4.79 Å². The second-order valence-corrected chi connectivity index (χ2v) is 6.92. The number of nitrogens with one attached hydrogen (secondary N) is 1. The van der Waals surface area contributed by atoms with Gasteiger partial charge in [-0.2, -0.15) is 5.10 Å². The maximum atomic E-state index is 11.9. The number of hydrogen-bond acceptors (Lipinski definition) is 4. The van der Waals surface area contributed by atoms with E-state index in [1.54, 1.807) is 30.3 Å². The molecule has 0 atom stereocenters. The van der Waals surface area contributed by atoms with Crippen LogP contribution in [-0.2, 0) is 4.79 Å². The number of ether oxygens (including phenoxy) is 1. The molecule has 0 bridgehead atoms. The second kappa shape index (κ2) is 8.95. The molecule has 0 aliphatic carbocycles. The quantitative estimate of drug-likeness (QED) is 0.432. The Bertz CT molecular complexity index is 1030. The van der Waals surface area contributed by atoms with E-state index in [1.165, 1.54) is 11.8 Å². The van der Waals surface area contributed by atoms with Gasteiger partial charge in [0.2, 0.25) is 0 Å². The van der Waals surface area contributed by atoms with Crippen molar-refractivity contribution in [3.8, 4) is 17.1 Å². The first-order chi connectivity index (χ1) is 13.4. The van der Waals surface area contributed by atoms with Gasteiger partial charge in [0.1, 0.15) is 17.3 Å². The Morgan fingerprint density at radius 2 is 1.96 bits per heavy atom. The molecule has 1 amide bonds. The summed E-state index contributed by atoms with van der Waals surface area (Å²) < 4.78 is 11.1. The fourth-order valence-corrected chi connectivity index (χ4v) is 2.81. The van der Waals surface area contributed by atoms with E-state index >= 15 is 0 Å². The number of carbonyl (C=O) groups is 1. The molecule has 0 spiro atoms. The fraction of sp³-hybridized carbons (Fsp3) is 0.143. The lowest BCUT2D eigenvalue weighted by Crippen LogP contribution is -2.24. The van der Waals surface area contributed by atoms with Crippen molar-refractivity contribution in [1.82, 2.24) is 5.43 Å². The van der Waals surface area contributed by atoms with Crippen LogP contribution in [0.1, 0.15) is 16.9 Å². The first kappa shape index (κ1) is 20.0. The molecule has 0 aliphatic rings. The van der Waals surface area contributed by atoms with Gasteiger partial charge in [-0.1, -0.05) is 35.3 Å². The first-order valence-corrected chi connectivity index (χ1v) is 9.26. The van der Waals surface area contributed by atoms with Crippen LogP contribution in [0.5, 0.6) is 5.75 Å². The molecule has 0 fully saturated rings. The van der Waals surface area contributed by atoms with Gasteiger partial charge in [-0.15, -0.1) is 0 Å². The van der Waals surface area contributed by atoms with Crippen molar-refractivity contribution >= 4 is 35.3 Å². The normalized spacial score (nSPS) is 11.0. The van der Waals surface area contributed by atoms with Crippen molar-refractivity contribution in [2.75, 3.05) is 6.61 Å². The average Bonchev–Trinajstić information content (AvgIpc) is 3.13. The Hall–Kier alpha value is -2.76. The Balaban J connectivity index is 1.54. The van der Waals surface area contributed by atoms with E-state index in [0.717, 1.165) is 5.56 Å². The maximum absolute atomic E-state index is 11.9. The molecule has 0 radical (unpaired) electrons. The molecule has 5 nitrogen and oxygen atoms in total. The van der Waals surface area contributed by atoms with E-state index in [-0.39, 0.29) is 12.5 Å². The number of rotatable bonds is 6. The maximum Gasteiger partial charge on any atom is 0.277 e. The van der Waals surface area contributed by atoms with E-state index < -0.39 is 0 Å². The number of benzene rings is 2. The zero-order valence-electron chi connectivity index (χ0n) is 15.3. The molecule has 0 saturated heterocycles. The number of amides is 1. The zero-order chi connectivity index (χ0) is 20.1. The van der Waals surface area contributed by atoms with Crippen LogP contribution < -0.4 is 10.2 Å². The summed E-state index contributed by atoms with van der Waals surface area (Å²) in [6.45, 7) is 3.86. The first-order valence-electron chi connectivity index (χ1n) is 8.50. The molecule has 7 heteroatoms. The summed E-state index contributed by atoms with van der Waals surface area (Å²) in [5.74, 6) is 1.27. The molecule has 1 aromatic heterocycles. The van der Waals surface area contributed by atoms with Crippen LogP contribution in [0, 0.1) is 13.8 Å². The lowest BCUT2D eigenvalue weighted by atomic mass is 10.1.